The highest BCUT2D eigenvalue weighted by Gasteiger charge is 2.29. The lowest BCUT2D eigenvalue weighted by Gasteiger charge is -2.37. The van der Waals surface area contributed by atoms with Gasteiger partial charge in [0.25, 0.3) is 0 Å². The second-order valence-electron chi connectivity index (χ2n) is 7.31. The van der Waals surface area contributed by atoms with Crippen molar-refractivity contribution in [2.75, 3.05) is 0 Å². The van der Waals surface area contributed by atoms with Gasteiger partial charge in [-0.1, -0.05) is 44.5 Å². The van der Waals surface area contributed by atoms with Crippen LogP contribution in [-0.4, -0.2) is 11.9 Å². The van der Waals surface area contributed by atoms with Crippen molar-refractivity contribution in [3.8, 4) is 0 Å². The van der Waals surface area contributed by atoms with Gasteiger partial charge in [0.2, 0.25) is 5.91 Å². The summed E-state index contributed by atoms with van der Waals surface area (Å²) in [4.78, 5) is 12.0. The number of halogens is 1. The summed E-state index contributed by atoms with van der Waals surface area (Å²) >= 11 is 5.84. The van der Waals surface area contributed by atoms with E-state index in [0.29, 0.717) is 16.5 Å². The molecule has 0 aliphatic heterocycles. The molecule has 0 radical (unpaired) electrons. The maximum atomic E-state index is 12.0. The summed E-state index contributed by atoms with van der Waals surface area (Å²) in [6.07, 6.45) is 8.02. The van der Waals surface area contributed by atoms with Gasteiger partial charge in [-0.15, -0.1) is 0 Å². The van der Waals surface area contributed by atoms with Crippen molar-refractivity contribution in [1.82, 2.24) is 5.32 Å². The maximum absolute atomic E-state index is 12.0. The Morgan fingerprint density at radius 2 is 1.73 bits per heavy atom. The lowest BCUT2D eigenvalue weighted by molar-refractivity contribution is -0.117. The molecule has 2 nitrogen and oxygen atoms in total. The van der Waals surface area contributed by atoms with E-state index in [9.17, 15) is 4.79 Å². The zero-order valence-electron chi connectivity index (χ0n) is 13.7. The topological polar surface area (TPSA) is 29.1 Å². The van der Waals surface area contributed by atoms with Gasteiger partial charge in [-0.25, -0.2) is 0 Å². The minimum Gasteiger partial charge on any atom is -0.350 e. The van der Waals surface area contributed by atoms with E-state index in [1.165, 1.54) is 12.8 Å². The predicted octanol–water partition coefficient (Wildman–Crippen LogP) is 5.07. The molecule has 0 spiro atoms. The third-order valence-corrected chi connectivity index (χ3v) is 4.85. The summed E-state index contributed by atoms with van der Waals surface area (Å²) in [7, 11) is 0. The van der Waals surface area contributed by atoms with Crippen LogP contribution in [0.5, 0.6) is 0 Å². The van der Waals surface area contributed by atoms with Crippen LogP contribution in [0.15, 0.2) is 30.3 Å². The Hall–Kier alpha value is -1.28. The van der Waals surface area contributed by atoms with Crippen LogP contribution in [0.1, 0.15) is 52.0 Å². The number of nitrogens with one attached hydrogen (secondary N) is 1. The quantitative estimate of drug-likeness (QED) is 0.774. The van der Waals surface area contributed by atoms with Crippen molar-refractivity contribution in [2.45, 2.75) is 52.5 Å². The molecular formula is C19H26ClNO. The van der Waals surface area contributed by atoms with Gasteiger partial charge in [0.05, 0.1) is 0 Å². The molecule has 0 atom stereocenters. The molecule has 2 rings (SSSR count). The zero-order valence-corrected chi connectivity index (χ0v) is 14.5. The predicted molar refractivity (Wildman–Crippen MR) is 93.8 cm³/mol. The monoisotopic (exact) mass is 319 g/mol. The number of hydrogen-bond acceptors (Lipinski definition) is 1. The van der Waals surface area contributed by atoms with Crippen LogP contribution in [0, 0.1) is 11.3 Å². The highest BCUT2D eigenvalue weighted by atomic mass is 35.5. The van der Waals surface area contributed by atoms with Crippen LogP contribution in [0.2, 0.25) is 5.02 Å². The van der Waals surface area contributed by atoms with Crippen LogP contribution in [0.25, 0.3) is 6.08 Å². The number of carbonyl (C=O) groups excluding carboxylic acids is 1. The lowest BCUT2D eigenvalue weighted by atomic mass is 9.71. The Balaban J connectivity index is 1.80. The molecule has 1 aromatic rings. The number of hydrogen-bond donors (Lipinski definition) is 1. The van der Waals surface area contributed by atoms with Crippen LogP contribution in [0.3, 0.4) is 0 Å². The minimum absolute atomic E-state index is 0.00541. The van der Waals surface area contributed by atoms with Crippen LogP contribution in [0.4, 0.5) is 0 Å². The van der Waals surface area contributed by atoms with Crippen molar-refractivity contribution in [3.63, 3.8) is 0 Å². The van der Waals surface area contributed by atoms with E-state index in [4.69, 9.17) is 11.6 Å². The molecule has 0 aromatic heterocycles. The van der Waals surface area contributed by atoms with Gasteiger partial charge >= 0.3 is 0 Å². The Kier molecular flexibility index (Phi) is 5.69. The van der Waals surface area contributed by atoms with Gasteiger partial charge in [0.15, 0.2) is 0 Å². The maximum Gasteiger partial charge on any atom is 0.244 e. The van der Waals surface area contributed by atoms with Crippen LogP contribution in [-0.2, 0) is 4.79 Å². The zero-order chi connectivity index (χ0) is 16.2. The molecule has 1 aliphatic rings. The van der Waals surface area contributed by atoms with E-state index in [1.807, 2.05) is 30.3 Å². The van der Waals surface area contributed by atoms with Crippen LogP contribution >= 0.6 is 11.6 Å². The Labute approximate surface area is 138 Å². The highest BCUT2D eigenvalue weighted by Crippen LogP contribution is 2.37. The van der Waals surface area contributed by atoms with E-state index in [-0.39, 0.29) is 5.91 Å². The average Bonchev–Trinajstić information content (AvgIpc) is 2.46. The molecule has 1 aliphatic carbocycles. The number of rotatable bonds is 3. The molecule has 0 saturated heterocycles. The number of amides is 1. The fourth-order valence-corrected chi connectivity index (χ4v) is 3.22. The first kappa shape index (κ1) is 17.1. The second kappa shape index (κ2) is 7.32. The first-order valence-electron chi connectivity index (χ1n) is 8.09. The normalized spacial score (nSPS) is 22.7. The Bertz CT molecular complexity index is 519. The molecule has 1 N–H and O–H groups in total. The summed E-state index contributed by atoms with van der Waals surface area (Å²) in [5.74, 6) is 0.763. The molecule has 0 heterocycles. The summed E-state index contributed by atoms with van der Waals surface area (Å²) in [5, 5.41) is 3.83. The summed E-state index contributed by atoms with van der Waals surface area (Å²) in [5.41, 5.74) is 1.36. The van der Waals surface area contributed by atoms with Gasteiger partial charge in [-0.05, 0) is 60.8 Å². The number of carbonyl (C=O) groups is 1. The van der Waals surface area contributed by atoms with E-state index in [2.05, 4.69) is 26.1 Å². The number of benzene rings is 1. The van der Waals surface area contributed by atoms with Crippen LogP contribution < -0.4 is 5.32 Å². The van der Waals surface area contributed by atoms with E-state index in [0.717, 1.165) is 24.3 Å². The van der Waals surface area contributed by atoms with Crippen molar-refractivity contribution < 1.29 is 4.79 Å². The van der Waals surface area contributed by atoms with Crippen molar-refractivity contribution in [3.05, 3.63) is 40.9 Å². The Morgan fingerprint density at radius 1 is 1.14 bits per heavy atom. The van der Waals surface area contributed by atoms with Crippen molar-refractivity contribution in [1.29, 1.82) is 0 Å². The van der Waals surface area contributed by atoms with Gasteiger partial charge in [0.1, 0.15) is 0 Å². The second-order valence-corrected chi connectivity index (χ2v) is 7.74. The van der Waals surface area contributed by atoms with Crippen molar-refractivity contribution >= 4 is 23.6 Å². The molecule has 1 fully saturated rings. The molecule has 120 valence electrons. The summed E-state index contributed by atoms with van der Waals surface area (Å²) in [6.45, 7) is 6.93. The standard InChI is InChI=1S/C19H26ClNO/c1-19(2,3)15-7-11-17(12-8-15)21-18(22)13-6-14-4-9-16(20)10-5-14/h4-6,9-10,13,15,17H,7-8,11-12H2,1-3H3,(H,21,22)/b13-6+. The first-order chi connectivity index (χ1) is 10.3. The van der Waals surface area contributed by atoms with E-state index < -0.39 is 0 Å². The average molecular weight is 320 g/mol. The third-order valence-electron chi connectivity index (χ3n) is 4.60. The summed E-state index contributed by atoms with van der Waals surface area (Å²) in [6, 6.07) is 7.78. The molecule has 1 saturated carbocycles. The molecule has 3 heteroatoms. The van der Waals surface area contributed by atoms with E-state index >= 15 is 0 Å². The fraction of sp³-hybridized carbons (Fsp3) is 0.526. The van der Waals surface area contributed by atoms with Gasteiger partial charge in [-0.2, -0.15) is 0 Å². The fourth-order valence-electron chi connectivity index (χ4n) is 3.10. The molecule has 0 unspecified atom stereocenters. The first-order valence-corrected chi connectivity index (χ1v) is 8.46. The molecule has 0 bridgehead atoms. The smallest absolute Gasteiger partial charge is 0.244 e. The minimum atomic E-state index is -0.00541. The van der Waals surface area contributed by atoms with Gasteiger partial charge < -0.3 is 5.32 Å². The summed E-state index contributed by atoms with van der Waals surface area (Å²) < 4.78 is 0. The largest absolute Gasteiger partial charge is 0.350 e. The molecule has 1 amide bonds. The highest BCUT2D eigenvalue weighted by molar-refractivity contribution is 6.30. The van der Waals surface area contributed by atoms with Crippen molar-refractivity contribution in [2.24, 2.45) is 11.3 Å². The van der Waals surface area contributed by atoms with Gasteiger partial charge in [0, 0.05) is 17.1 Å². The van der Waals surface area contributed by atoms with Gasteiger partial charge in [-0.3, -0.25) is 4.79 Å². The third kappa shape index (κ3) is 5.17. The molecule has 1 aromatic carbocycles. The molecule has 22 heavy (non-hydrogen) atoms. The Morgan fingerprint density at radius 3 is 2.27 bits per heavy atom. The van der Waals surface area contributed by atoms with E-state index in [1.54, 1.807) is 6.08 Å². The SMILES string of the molecule is CC(C)(C)C1CCC(NC(=O)/C=C/c2ccc(Cl)cc2)CC1. The lowest BCUT2D eigenvalue weighted by Crippen LogP contribution is -2.38. The molecular weight excluding hydrogens is 294 g/mol.